The van der Waals surface area contributed by atoms with Crippen LogP contribution in [0.5, 0.6) is 0 Å². The highest BCUT2D eigenvalue weighted by Gasteiger charge is 2.31. The highest BCUT2D eigenvalue weighted by Crippen LogP contribution is 2.18. The zero-order valence-corrected chi connectivity index (χ0v) is 13.5. The molecule has 1 aliphatic heterocycles. The van der Waals surface area contributed by atoms with Gasteiger partial charge in [0.2, 0.25) is 4.77 Å². The molecule has 1 aliphatic rings. The molecule has 21 heavy (non-hydrogen) atoms. The highest BCUT2D eigenvalue weighted by atomic mass is 32.2. The van der Waals surface area contributed by atoms with Crippen molar-refractivity contribution in [2.75, 3.05) is 18.1 Å². The van der Waals surface area contributed by atoms with Crippen molar-refractivity contribution in [2.24, 2.45) is 0 Å². The van der Waals surface area contributed by atoms with Crippen LogP contribution in [0.15, 0.2) is 24.4 Å². The molecule has 0 aliphatic carbocycles. The van der Waals surface area contributed by atoms with Gasteiger partial charge >= 0.3 is 0 Å². The molecule has 1 fully saturated rings. The quantitative estimate of drug-likeness (QED) is 0.794. The van der Waals surface area contributed by atoms with Crippen molar-refractivity contribution in [3.05, 3.63) is 29.2 Å². The molecule has 6 nitrogen and oxygen atoms in total. The number of aromatic nitrogens is 3. The number of fused-ring (bicyclic) bond motifs is 1. The number of rotatable bonds is 4. The average Bonchev–Trinajstić information content (AvgIpc) is 2.97. The van der Waals surface area contributed by atoms with Crippen molar-refractivity contribution in [1.29, 1.82) is 0 Å². The van der Waals surface area contributed by atoms with Crippen LogP contribution in [0.3, 0.4) is 0 Å². The van der Waals surface area contributed by atoms with Gasteiger partial charge in [0.15, 0.2) is 15.5 Å². The monoisotopic (exact) mass is 326 g/mol. The van der Waals surface area contributed by atoms with E-state index >= 15 is 0 Å². The summed E-state index contributed by atoms with van der Waals surface area (Å²) in [4.78, 5) is 2.13. The Bertz CT molecular complexity index is 809. The van der Waals surface area contributed by atoms with Crippen molar-refractivity contribution in [3.63, 3.8) is 0 Å². The summed E-state index contributed by atoms with van der Waals surface area (Å²) in [7, 11) is -2.88. The summed E-state index contributed by atoms with van der Waals surface area (Å²) in [6.45, 7) is 3.33. The van der Waals surface area contributed by atoms with E-state index in [1.165, 1.54) is 0 Å². The smallest absolute Gasteiger partial charge is 0.203 e. The fraction of sp³-hybridized carbons (Fsp3) is 0.538. The predicted molar refractivity (Wildman–Crippen MR) is 83.5 cm³/mol. The zero-order valence-electron chi connectivity index (χ0n) is 11.8. The molecule has 8 heteroatoms. The molecular weight excluding hydrogens is 308 g/mol. The molecule has 114 valence electrons. The van der Waals surface area contributed by atoms with Crippen LogP contribution in [-0.2, 0) is 16.5 Å². The van der Waals surface area contributed by atoms with Gasteiger partial charge in [-0.3, -0.25) is 9.30 Å². The van der Waals surface area contributed by atoms with Crippen molar-refractivity contribution in [1.82, 2.24) is 19.1 Å². The Morgan fingerprint density at radius 2 is 2.29 bits per heavy atom. The van der Waals surface area contributed by atoms with Gasteiger partial charge in [-0.25, -0.2) is 13.1 Å². The molecule has 0 amide bonds. The zero-order chi connectivity index (χ0) is 15.0. The van der Waals surface area contributed by atoms with Gasteiger partial charge < -0.3 is 0 Å². The largest absolute Gasteiger partial charge is 0.281 e. The van der Waals surface area contributed by atoms with Gasteiger partial charge in [0.05, 0.1) is 18.2 Å². The lowest BCUT2D eigenvalue weighted by molar-refractivity contribution is 0.164. The minimum absolute atomic E-state index is 0.0618. The number of hydrogen-bond donors (Lipinski definition) is 0. The fourth-order valence-electron chi connectivity index (χ4n) is 2.77. The molecule has 0 unspecified atom stereocenters. The van der Waals surface area contributed by atoms with E-state index in [2.05, 4.69) is 10.00 Å². The van der Waals surface area contributed by atoms with Crippen LogP contribution in [0.4, 0.5) is 0 Å². The lowest BCUT2D eigenvalue weighted by atomic mass is 10.2. The topological polar surface area (TPSA) is 59.6 Å². The summed E-state index contributed by atoms with van der Waals surface area (Å²) < 4.78 is 27.5. The van der Waals surface area contributed by atoms with Crippen LogP contribution in [0.2, 0.25) is 0 Å². The van der Waals surface area contributed by atoms with Gasteiger partial charge in [0, 0.05) is 12.2 Å². The van der Waals surface area contributed by atoms with E-state index in [-0.39, 0.29) is 17.5 Å². The molecule has 1 atom stereocenters. The second-order valence-corrected chi connectivity index (χ2v) is 7.91. The Hall–Kier alpha value is -1.25. The number of hydrogen-bond acceptors (Lipinski definition) is 5. The van der Waals surface area contributed by atoms with E-state index in [9.17, 15) is 8.42 Å². The van der Waals surface area contributed by atoms with E-state index in [1.807, 2.05) is 35.7 Å². The normalized spacial score (nSPS) is 21.3. The first-order valence-corrected chi connectivity index (χ1v) is 9.22. The van der Waals surface area contributed by atoms with Crippen LogP contribution in [0, 0.1) is 4.77 Å². The second-order valence-electron chi connectivity index (χ2n) is 5.31. The van der Waals surface area contributed by atoms with Crippen LogP contribution in [0.1, 0.15) is 13.3 Å². The Balaban J connectivity index is 1.86. The molecule has 3 rings (SSSR count). The van der Waals surface area contributed by atoms with Crippen molar-refractivity contribution >= 4 is 27.7 Å². The van der Waals surface area contributed by atoms with E-state index in [0.29, 0.717) is 17.9 Å². The molecule has 0 spiro atoms. The highest BCUT2D eigenvalue weighted by molar-refractivity contribution is 7.91. The van der Waals surface area contributed by atoms with E-state index < -0.39 is 9.84 Å². The number of pyridine rings is 1. The first kappa shape index (κ1) is 14.7. The van der Waals surface area contributed by atoms with Crippen molar-refractivity contribution in [3.8, 4) is 0 Å². The Labute approximate surface area is 128 Å². The Kier molecular flexibility index (Phi) is 3.85. The third-order valence-electron chi connectivity index (χ3n) is 3.94. The summed E-state index contributed by atoms with van der Waals surface area (Å²) in [5.41, 5.74) is 0.803. The summed E-state index contributed by atoms with van der Waals surface area (Å²) in [5.74, 6) is 0.520. The van der Waals surface area contributed by atoms with Crippen LogP contribution < -0.4 is 0 Å². The lowest BCUT2D eigenvalue weighted by Crippen LogP contribution is -2.37. The second kappa shape index (κ2) is 5.51. The van der Waals surface area contributed by atoms with Gasteiger partial charge in [0.1, 0.15) is 0 Å². The van der Waals surface area contributed by atoms with Crippen LogP contribution >= 0.6 is 12.2 Å². The molecule has 0 bridgehead atoms. The number of sulfone groups is 1. The van der Waals surface area contributed by atoms with E-state index in [4.69, 9.17) is 12.2 Å². The molecule has 2 aromatic rings. The Morgan fingerprint density at radius 3 is 2.90 bits per heavy atom. The summed E-state index contributed by atoms with van der Waals surface area (Å²) in [5, 5.41) is 4.49. The third kappa shape index (κ3) is 2.88. The van der Waals surface area contributed by atoms with Crippen LogP contribution in [0.25, 0.3) is 5.65 Å². The molecular formula is C13H18N4O2S2. The lowest BCUT2D eigenvalue weighted by Gasteiger charge is -2.25. The maximum absolute atomic E-state index is 11.6. The minimum atomic E-state index is -2.88. The minimum Gasteiger partial charge on any atom is -0.281 e. The van der Waals surface area contributed by atoms with Crippen LogP contribution in [-0.4, -0.2) is 51.6 Å². The summed E-state index contributed by atoms with van der Waals surface area (Å²) in [6.07, 6.45) is 2.58. The first-order chi connectivity index (χ1) is 10.00. The van der Waals surface area contributed by atoms with Gasteiger partial charge in [0.25, 0.3) is 0 Å². The fourth-order valence-corrected chi connectivity index (χ4v) is 4.78. The molecule has 0 aromatic carbocycles. The summed E-state index contributed by atoms with van der Waals surface area (Å²) >= 11 is 5.43. The van der Waals surface area contributed by atoms with Gasteiger partial charge in [-0.05, 0) is 37.3 Å². The van der Waals surface area contributed by atoms with Gasteiger partial charge in [-0.2, -0.15) is 5.10 Å². The number of nitrogens with zero attached hydrogens (tertiary/aromatic N) is 4. The maximum Gasteiger partial charge on any atom is 0.203 e. The SMILES string of the molecule is CCN(Cn1nc2ccccn2c1=S)[C@@H]1CCS(=O)(=O)C1. The van der Waals surface area contributed by atoms with E-state index in [0.717, 1.165) is 12.2 Å². The molecule has 3 heterocycles. The molecule has 0 saturated carbocycles. The standard InChI is InChI=1S/C13H18N4O2S2/c1-2-15(11-6-8-21(18,19)9-11)10-17-13(20)16-7-4-3-5-12(16)14-17/h3-5,7,11H,2,6,8-10H2,1H3/t11-/m1/s1. The molecule has 0 radical (unpaired) electrons. The van der Waals surface area contributed by atoms with Gasteiger partial charge in [-0.1, -0.05) is 13.0 Å². The third-order valence-corrected chi connectivity index (χ3v) is 6.09. The molecule has 0 N–H and O–H groups in total. The first-order valence-electron chi connectivity index (χ1n) is 6.99. The maximum atomic E-state index is 11.6. The van der Waals surface area contributed by atoms with Crippen molar-refractivity contribution in [2.45, 2.75) is 26.1 Å². The van der Waals surface area contributed by atoms with E-state index in [1.54, 1.807) is 4.68 Å². The van der Waals surface area contributed by atoms with Gasteiger partial charge in [-0.15, -0.1) is 0 Å². The Morgan fingerprint density at radius 1 is 1.48 bits per heavy atom. The van der Waals surface area contributed by atoms with Crippen molar-refractivity contribution < 1.29 is 8.42 Å². The predicted octanol–water partition coefficient (Wildman–Crippen LogP) is 1.33. The molecule has 1 saturated heterocycles. The molecule has 2 aromatic heterocycles. The average molecular weight is 326 g/mol. The summed E-state index contributed by atoms with van der Waals surface area (Å²) in [6, 6.07) is 5.80.